The van der Waals surface area contributed by atoms with Crippen LogP contribution in [-0.2, 0) is 4.74 Å². The van der Waals surface area contributed by atoms with Gasteiger partial charge in [0.15, 0.2) is 0 Å². The fraction of sp³-hybridized carbons (Fsp3) is 1.00. The van der Waals surface area contributed by atoms with Gasteiger partial charge in [0.25, 0.3) is 0 Å². The second kappa shape index (κ2) is 8.21. The molecule has 3 heteroatoms. The molecule has 3 N–H and O–H groups in total. The Morgan fingerprint density at radius 3 is 2.43 bits per heavy atom. The summed E-state index contributed by atoms with van der Waals surface area (Å²) in [4.78, 5) is 0. The van der Waals surface area contributed by atoms with Gasteiger partial charge in [-0.3, -0.25) is 0 Å². The minimum Gasteiger partial charge on any atom is -0.396 e. The number of ether oxygens (including phenoxy) is 1. The molecule has 0 aromatic heterocycles. The summed E-state index contributed by atoms with van der Waals surface area (Å²) < 4.78 is 5.79. The van der Waals surface area contributed by atoms with Gasteiger partial charge < -0.3 is 15.6 Å². The van der Waals surface area contributed by atoms with Crippen molar-refractivity contribution in [3.63, 3.8) is 0 Å². The first-order chi connectivity index (χ1) is 6.74. The molecule has 86 valence electrons. The first-order valence-corrected chi connectivity index (χ1v) is 5.69. The number of rotatable bonds is 9. The molecule has 0 amide bonds. The minimum atomic E-state index is -0.148. The predicted octanol–water partition coefficient (Wildman–Crippen LogP) is 1.68. The third-order valence-corrected chi connectivity index (χ3v) is 2.71. The van der Waals surface area contributed by atoms with Crippen molar-refractivity contribution in [2.45, 2.75) is 51.6 Å². The molecule has 0 rings (SSSR count). The maximum atomic E-state index is 8.67. The van der Waals surface area contributed by atoms with Gasteiger partial charge in [0.05, 0.1) is 5.60 Å². The Morgan fingerprint density at radius 1 is 1.29 bits per heavy atom. The molecule has 0 aliphatic carbocycles. The van der Waals surface area contributed by atoms with Gasteiger partial charge in [-0.2, -0.15) is 0 Å². The Balaban J connectivity index is 3.94. The van der Waals surface area contributed by atoms with E-state index in [1.54, 1.807) is 0 Å². The van der Waals surface area contributed by atoms with Crippen molar-refractivity contribution in [3.8, 4) is 0 Å². The van der Waals surface area contributed by atoms with Crippen molar-refractivity contribution >= 4 is 0 Å². The zero-order valence-corrected chi connectivity index (χ0v) is 9.59. The summed E-state index contributed by atoms with van der Waals surface area (Å²) in [6, 6.07) is 0. The van der Waals surface area contributed by atoms with E-state index in [1.807, 2.05) is 0 Å². The maximum Gasteiger partial charge on any atom is 0.0801 e. The second-order valence-corrected chi connectivity index (χ2v) is 3.77. The molecule has 1 atom stereocenters. The molecule has 3 nitrogen and oxygen atoms in total. The lowest BCUT2D eigenvalue weighted by molar-refractivity contribution is -0.0528. The molecule has 14 heavy (non-hydrogen) atoms. The molecule has 0 heterocycles. The normalized spacial score (nSPS) is 15.4. The maximum absolute atomic E-state index is 8.67. The van der Waals surface area contributed by atoms with Crippen molar-refractivity contribution in [1.82, 2.24) is 0 Å². The van der Waals surface area contributed by atoms with Gasteiger partial charge >= 0.3 is 0 Å². The van der Waals surface area contributed by atoms with E-state index in [0.717, 1.165) is 19.3 Å². The molecule has 0 spiro atoms. The summed E-state index contributed by atoms with van der Waals surface area (Å²) in [6.07, 6.45) is 5.01. The third kappa shape index (κ3) is 4.94. The van der Waals surface area contributed by atoms with Gasteiger partial charge in [-0.25, -0.2) is 0 Å². The Labute approximate surface area is 87.6 Å². The van der Waals surface area contributed by atoms with Crippen LogP contribution in [0, 0.1) is 0 Å². The molecule has 0 aromatic carbocycles. The summed E-state index contributed by atoms with van der Waals surface area (Å²) in [6.45, 7) is 5.67. The molecule has 0 saturated carbocycles. The number of aliphatic hydroxyl groups excluding tert-OH is 1. The fourth-order valence-electron chi connectivity index (χ4n) is 1.51. The SMILES string of the molecule is CCCCC(CC)(CN)OCCCO. The highest BCUT2D eigenvalue weighted by Crippen LogP contribution is 2.22. The minimum absolute atomic E-state index is 0.148. The zero-order chi connectivity index (χ0) is 10.9. The molecule has 0 saturated heterocycles. The van der Waals surface area contributed by atoms with Crippen LogP contribution in [0.3, 0.4) is 0 Å². The Kier molecular flexibility index (Phi) is 8.14. The summed E-state index contributed by atoms with van der Waals surface area (Å²) in [5.74, 6) is 0. The van der Waals surface area contributed by atoms with Gasteiger partial charge in [-0.15, -0.1) is 0 Å². The summed E-state index contributed by atoms with van der Waals surface area (Å²) in [5, 5.41) is 8.67. The van der Waals surface area contributed by atoms with E-state index in [4.69, 9.17) is 15.6 Å². The Morgan fingerprint density at radius 2 is 2.00 bits per heavy atom. The molecular weight excluding hydrogens is 178 g/mol. The van der Waals surface area contributed by atoms with Gasteiger partial charge in [-0.1, -0.05) is 26.7 Å². The summed E-state index contributed by atoms with van der Waals surface area (Å²) >= 11 is 0. The van der Waals surface area contributed by atoms with Crippen LogP contribution in [0.1, 0.15) is 46.0 Å². The first kappa shape index (κ1) is 13.9. The van der Waals surface area contributed by atoms with Crippen molar-refractivity contribution in [3.05, 3.63) is 0 Å². The van der Waals surface area contributed by atoms with Crippen LogP contribution in [0.15, 0.2) is 0 Å². The highest BCUT2D eigenvalue weighted by Gasteiger charge is 2.26. The van der Waals surface area contributed by atoms with Crippen molar-refractivity contribution in [1.29, 1.82) is 0 Å². The van der Waals surface area contributed by atoms with Gasteiger partial charge in [-0.05, 0) is 19.3 Å². The fourth-order valence-corrected chi connectivity index (χ4v) is 1.51. The van der Waals surface area contributed by atoms with Crippen LogP contribution >= 0.6 is 0 Å². The number of nitrogens with two attached hydrogens (primary N) is 1. The largest absolute Gasteiger partial charge is 0.396 e. The van der Waals surface area contributed by atoms with Crippen molar-refractivity contribution in [2.24, 2.45) is 5.73 Å². The molecule has 1 unspecified atom stereocenters. The molecular formula is C11H25NO2. The van der Waals surface area contributed by atoms with Crippen LogP contribution in [0.5, 0.6) is 0 Å². The predicted molar refractivity (Wildman–Crippen MR) is 59.3 cm³/mol. The topological polar surface area (TPSA) is 55.5 Å². The first-order valence-electron chi connectivity index (χ1n) is 5.69. The van der Waals surface area contributed by atoms with Gasteiger partial charge in [0, 0.05) is 19.8 Å². The van der Waals surface area contributed by atoms with Gasteiger partial charge in [0.2, 0.25) is 0 Å². The van der Waals surface area contributed by atoms with E-state index in [1.165, 1.54) is 6.42 Å². The Bertz CT molecular complexity index is 124. The summed E-state index contributed by atoms with van der Waals surface area (Å²) in [7, 11) is 0. The van der Waals surface area contributed by atoms with E-state index >= 15 is 0 Å². The average molecular weight is 203 g/mol. The highest BCUT2D eigenvalue weighted by molar-refractivity contribution is 4.80. The van der Waals surface area contributed by atoms with E-state index < -0.39 is 0 Å². The third-order valence-electron chi connectivity index (χ3n) is 2.71. The van der Waals surface area contributed by atoms with Crippen LogP contribution in [0.25, 0.3) is 0 Å². The lowest BCUT2D eigenvalue weighted by atomic mass is 9.93. The average Bonchev–Trinajstić information content (AvgIpc) is 2.24. The lowest BCUT2D eigenvalue weighted by Crippen LogP contribution is -2.40. The monoisotopic (exact) mass is 203 g/mol. The molecule has 0 aliphatic rings. The van der Waals surface area contributed by atoms with E-state index in [0.29, 0.717) is 19.6 Å². The number of hydrogen-bond donors (Lipinski definition) is 2. The van der Waals surface area contributed by atoms with Crippen LogP contribution < -0.4 is 5.73 Å². The number of unbranched alkanes of at least 4 members (excludes halogenated alkanes) is 1. The number of aliphatic hydroxyl groups is 1. The molecule has 0 bridgehead atoms. The lowest BCUT2D eigenvalue weighted by Gasteiger charge is -2.31. The van der Waals surface area contributed by atoms with Crippen molar-refractivity contribution < 1.29 is 9.84 Å². The van der Waals surface area contributed by atoms with Crippen LogP contribution in [-0.4, -0.2) is 30.5 Å². The van der Waals surface area contributed by atoms with Crippen LogP contribution in [0.2, 0.25) is 0 Å². The molecule has 0 fully saturated rings. The van der Waals surface area contributed by atoms with Crippen LogP contribution in [0.4, 0.5) is 0 Å². The summed E-state index contributed by atoms with van der Waals surface area (Å²) in [5.41, 5.74) is 5.61. The smallest absolute Gasteiger partial charge is 0.0801 e. The number of hydrogen-bond acceptors (Lipinski definition) is 3. The Hall–Kier alpha value is -0.120. The van der Waals surface area contributed by atoms with Gasteiger partial charge in [0.1, 0.15) is 0 Å². The molecule has 0 radical (unpaired) electrons. The highest BCUT2D eigenvalue weighted by atomic mass is 16.5. The van der Waals surface area contributed by atoms with E-state index in [-0.39, 0.29) is 12.2 Å². The molecule has 0 aromatic rings. The van der Waals surface area contributed by atoms with Crippen molar-refractivity contribution in [2.75, 3.05) is 19.8 Å². The molecule has 0 aliphatic heterocycles. The second-order valence-electron chi connectivity index (χ2n) is 3.77. The van der Waals surface area contributed by atoms with E-state index in [9.17, 15) is 0 Å². The van der Waals surface area contributed by atoms with E-state index in [2.05, 4.69) is 13.8 Å². The standard InChI is InChI=1S/C11H25NO2/c1-3-5-7-11(4-2,10-12)14-9-6-8-13/h13H,3-10,12H2,1-2H3. The quantitative estimate of drug-likeness (QED) is 0.561. The zero-order valence-electron chi connectivity index (χ0n) is 9.59.